The standard InChI is InChI=1S/C15H23N3O2.ClH/c1-9-13(11(3)19)10(2)18-14(9)15(20)17-8-12-5-4-6-16-7-12;/h12,16,18H,4-8H2,1-3H3,(H,17,20);1H. The van der Waals surface area contributed by atoms with Gasteiger partial charge in [0.2, 0.25) is 0 Å². The second-order valence-electron chi connectivity index (χ2n) is 5.60. The number of amides is 1. The van der Waals surface area contributed by atoms with Gasteiger partial charge in [0.15, 0.2) is 5.78 Å². The van der Waals surface area contributed by atoms with Crippen LogP contribution in [0.15, 0.2) is 0 Å². The van der Waals surface area contributed by atoms with Crippen LogP contribution >= 0.6 is 12.4 Å². The van der Waals surface area contributed by atoms with Crippen molar-refractivity contribution >= 4 is 24.1 Å². The number of hydrogen-bond donors (Lipinski definition) is 3. The second kappa shape index (κ2) is 7.61. The molecule has 1 aromatic rings. The zero-order valence-corrected chi connectivity index (χ0v) is 13.7. The molecule has 0 radical (unpaired) electrons. The minimum Gasteiger partial charge on any atom is -0.354 e. The number of rotatable bonds is 4. The van der Waals surface area contributed by atoms with E-state index in [4.69, 9.17) is 0 Å². The monoisotopic (exact) mass is 313 g/mol. The molecule has 1 aromatic heterocycles. The summed E-state index contributed by atoms with van der Waals surface area (Å²) in [4.78, 5) is 26.8. The maximum Gasteiger partial charge on any atom is 0.268 e. The van der Waals surface area contributed by atoms with Gasteiger partial charge in [0.25, 0.3) is 5.91 Å². The van der Waals surface area contributed by atoms with E-state index in [0.29, 0.717) is 23.7 Å². The maximum atomic E-state index is 12.2. The first-order valence-electron chi connectivity index (χ1n) is 7.19. The van der Waals surface area contributed by atoms with Gasteiger partial charge in [-0.1, -0.05) is 0 Å². The number of aryl methyl sites for hydroxylation is 1. The van der Waals surface area contributed by atoms with Crippen molar-refractivity contribution in [2.45, 2.75) is 33.6 Å². The average Bonchev–Trinajstić information content (AvgIpc) is 2.72. The molecule has 1 unspecified atom stereocenters. The van der Waals surface area contributed by atoms with Gasteiger partial charge in [-0.05, 0) is 58.2 Å². The average molecular weight is 314 g/mol. The predicted molar refractivity (Wildman–Crippen MR) is 85.4 cm³/mol. The summed E-state index contributed by atoms with van der Waals surface area (Å²) < 4.78 is 0. The second-order valence-corrected chi connectivity index (χ2v) is 5.60. The largest absolute Gasteiger partial charge is 0.354 e. The normalized spacial score (nSPS) is 18.0. The Hall–Kier alpha value is -1.33. The van der Waals surface area contributed by atoms with E-state index in [1.807, 2.05) is 13.8 Å². The molecule has 118 valence electrons. The molecule has 1 aliphatic heterocycles. The molecule has 2 rings (SSSR count). The van der Waals surface area contributed by atoms with Crippen LogP contribution in [0.5, 0.6) is 0 Å². The van der Waals surface area contributed by atoms with Gasteiger partial charge in [-0.3, -0.25) is 9.59 Å². The molecule has 1 atom stereocenters. The van der Waals surface area contributed by atoms with Crippen LogP contribution in [0.4, 0.5) is 0 Å². The van der Waals surface area contributed by atoms with Gasteiger partial charge >= 0.3 is 0 Å². The Kier molecular flexibility index (Phi) is 6.42. The van der Waals surface area contributed by atoms with Gasteiger partial charge in [-0.25, -0.2) is 0 Å². The number of halogens is 1. The lowest BCUT2D eigenvalue weighted by atomic mass is 9.99. The first-order chi connectivity index (χ1) is 9.50. The highest BCUT2D eigenvalue weighted by atomic mass is 35.5. The van der Waals surface area contributed by atoms with Crippen molar-refractivity contribution in [1.29, 1.82) is 0 Å². The van der Waals surface area contributed by atoms with E-state index in [9.17, 15) is 9.59 Å². The third-order valence-corrected chi connectivity index (χ3v) is 3.97. The van der Waals surface area contributed by atoms with E-state index in [0.717, 1.165) is 37.2 Å². The Morgan fingerprint density at radius 3 is 2.57 bits per heavy atom. The molecule has 1 fully saturated rings. The van der Waals surface area contributed by atoms with Crippen molar-refractivity contribution in [2.75, 3.05) is 19.6 Å². The smallest absolute Gasteiger partial charge is 0.268 e. The molecule has 3 N–H and O–H groups in total. The molecule has 21 heavy (non-hydrogen) atoms. The number of aromatic nitrogens is 1. The highest BCUT2D eigenvalue weighted by Gasteiger charge is 2.20. The summed E-state index contributed by atoms with van der Waals surface area (Å²) in [6, 6.07) is 0. The van der Waals surface area contributed by atoms with Gasteiger partial charge < -0.3 is 15.6 Å². The van der Waals surface area contributed by atoms with Gasteiger partial charge in [-0.15, -0.1) is 12.4 Å². The molecule has 1 amide bonds. The quantitative estimate of drug-likeness (QED) is 0.744. The van der Waals surface area contributed by atoms with Crippen molar-refractivity contribution in [3.8, 4) is 0 Å². The molecule has 0 bridgehead atoms. The molecule has 0 aliphatic carbocycles. The van der Waals surface area contributed by atoms with Crippen LogP contribution in [-0.4, -0.2) is 36.3 Å². The van der Waals surface area contributed by atoms with Crippen molar-refractivity contribution < 1.29 is 9.59 Å². The van der Waals surface area contributed by atoms with Crippen LogP contribution in [-0.2, 0) is 0 Å². The summed E-state index contributed by atoms with van der Waals surface area (Å²) in [6.07, 6.45) is 2.31. The summed E-state index contributed by atoms with van der Waals surface area (Å²) in [6.45, 7) is 7.88. The summed E-state index contributed by atoms with van der Waals surface area (Å²) >= 11 is 0. The Bertz CT molecular complexity index is 519. The van der Waals surface area contributed by atoms with Crippen molar-refractivity contribution in [1.82, 2.24) is 15.6 Å². The third kappa shape index (κ3) is 4.08. The molecule has 5 nitrogen and oxygen atoms in total. The number of nitrogens with one attached hydrogen (secondary N) is 3. The van der Waals surface area contributed by atoms with Crippen molar-refractivity contribution in [2.24, 2.45) is 5.92 Å². The first-order valence-corrected chi connectivity index (χ1v) is 7.19. The fraction of sp³-hybridized carbons (Fsp3) is 0.600. The highest BCUT2D eigenvalue weighted by Crippen LogP contribution is 2.18. The maximum absolute atomic E-state index is 12.2. The summed E-state index contributed by atoms with van der Waals surface area (Å²) in [7, 11) is 0. The van der Waals surface area contributed by atoms with Gasteiger partial charge in [0.05, 0.1) is 0 Å². The summed E-state index contributed by atoms with van der Waals surface area (Å²) in [5, 5.41) is 6.30. The number of H-pyrrole nitrogens is 1. The molecule has 0 aromatic carbocycles. The lowest BCUT2D eigenvalue weighted by Crippen LogP contribution is -2.38. The zero-order chi connectivity index (χ0) is 14.7. The number of carbonyl (C=O) groups excluding carboxylic acids is 2. The number of aromatic amines is 1. The van der Waals surface area contributed by atoms with Gasteiger partial charge in [-0.2, -0.15) is 0 Å². The van der Waals surface area contributed by atoms with E-state index < -0.39 is 0 Å². The number of carbonyl (C=O) groups is 2. The Morgan fingerprint density at radius 2 is 2.05 bits per heavy atom. The lowest BCUT2D eigenvalue weighted by molar-refractivity contribution is 0.0939. The van der Waals surface area contributed by atoms with Crippen LogP contribution in [0.1, 0.15) is 51.9 Å². The third-order valence-electron chi connectivity index (χ3n) is 3.97. The number of Topliss-reactive ketones (excluding diaryl/α,β-unsaturated/α-hetero) is 1. The molecule has 1 saturated heterocycles. The van der Waals surface area contributed by atoms with Crippen LogP contribution in [0, 0.1) is 19.8 Å². The number of ketones is 1. The molecule has 6 heteroatoms. The molecule has 2 heterocycles. The van der Waals surface area contributed by atoms with E-state index >= 15 is 0 Å². The SMILES string of the molecule is CC(=O)c1c(C)[nH]c(C(=O)NCC2CCCNC2)c1C.Cl. The fourth-order valence-electron chi connectivity index (χ4n) is 2.93. The molecule has 0 saturated carbocycles. The topological polar surface area (TPSA) is 74.0 Å². The molecule has 0 spiro atoms. The lowest BCUT2D eigenvalue weighted by Gasteiger charge is -2.22. The Morgan fingerprint density at radius 1 is 1.33 bits per heavy atom. The zero-order valence-electron chi connectivity index (χ0n) is 12.8. The van der Waals surface area contributed by atoms with E-state index in [1.54, 1.807) is 0 Å². The summed E-state index contributed by atoms with van der Waals surface area (Å²) in [5.41, 5.74) is 2.65. The predicted octanol–water partition coefficient (Wildman–Crippen LogP) is 1.99. The minimum absolute atomic E-state index is 0. The molecular formula is C15H24ClN3O2. The number of hydrogen-bond acceptors (Lipinski definition) is 3. The van der Waals surface area contributed by atoms with Gasteiger partial charge in [0.1, 0.15) is 5.69 Å². The van der Waals surface area contributed by atoms with E-state index in [-0.39, 0.29) is 24.1 Å². The van der Waals surface area contributed by atoms with Crippen molar-refractivity contribution in [3.05, 3.63) is 22.5 Å². The summed E-state index contributed by atoms with van der Waals surface area (Å²) in [5.74, 6) is 0.367. The van der Waals surface area contributed by atoms with Gasteiger partial charge in [0, 0.05) is 17.8 Å². The van der Waals surface area contributed by atoms with Crippen LogP contribution in [0.3, 0.4) is 0 Å². The van der Waals surface area contributed by atoms with Crippen LogP contribution in [0.2, 0.25) is 0 Å². The number of piperidine rings is 1. The van der Waals surface area contributed by atoms with E-state index in [2.05, 4.69) is 15.6 Å². The van der Waals surface area contributed by atoms with Crippen molar-refractivity contribution in [3.63, 3.8) is 0 Å². The van der Waals surface area contributed by atoms with E-state index in [1.165, 1.54) is 6.92 Å². The Labute approximate surface area is 131 Å². The highest BCUT2D eigenvalue weighted by molar-refractivity contribution is 6.02. The Balaban J connectivity index is 0.00000220. The van der Waals surface area contributed by atoms with Crippen LogP contribution in [0.25, 0.3) is 0 Å². The first kappa shape index (κ1) is 17.7. The molecule has 1 aliphatic rings. The minimum atomic E-state index is -0.122. The fourth-order valence-corrected chi connectivity index (χ4v) is 2.93. The molecular weight excluding hydrogens is 290 g/mol. The van der Waals surface area contributed by atoms with Crippen LogP contribution < -0.4 is 10.6 Å².